The molecule has 11 nitrogen and oxygen atoms in total. The molecule has 3 rings (SSSR count). The SMILES string of the molecule is CC(C)Nc1nc(NCCOCCOCCNC(=O)c2ccccc2)nc(NCc2ccccn2)n1. The minimum Gasteiger partial charge on any atom is -0.377 e. The van der Waals surface area contributed by atoms with Crippen molar-refractivity contribution in [2.45, 2.75) is 26.4 Å². The van der Waals surface area contributed by atoms with Gasteiger partial charge < -0.3 is 30.7 Å². The zero-order chi connectivity index (χ0) is 25.4. The molecule has 0 saturated heterocycles. The van der Waals surface area contributed by atoms with E-state index in [2.05, 4.69) is 41.2 Å². The third kappa shape index (κ3) is 10.2. The molecule has 11 heteroatoms. The Labute approximate surface area is 211 Å². The van der Waals surface area contributed by atoms with Gasteiger partial charge in [-0.25, -0.2) is 0 Å². The van der Waals surface area contributed by atoms with Gasteiger partial charge in [0.15, 0.2) is 0 Å². The summed E-state index contributed by atoms with van der Waals surface area (Å²) in [6, 6.07) is 15.0. The van der Waals surface area contributed by atoms with Crippen LogP contribution in [-0.2, 0) is 16.0 Å². The number of carbonyl (C=O) groups excluding carboxylic acids is 1. The molecule has 0 aliphatic heterocycles. The number of hydrogen-bond acceptors (Lipinski definition) is 10. The van der Waals surface area contributed by atoms with Gasteiger partial charge in [-0.2, -0.15) is 15.0 Å². The smallest absolute Gasteiger partial charge is 0.251 e. The van der Waals surface area contributed by atoms with Gasteiger partial charge in [0, 0.05) is 30.9 Å². The number of pyridine rings is 1. The molecule has 3 aromatic rings. The maximum Gasteiger partial charge on any atom is 0.251 e. The summed E-state index contributed by atoms with van der Waals surface area (Å²) in [4.78, 5) is 29.5. The van der Waals surface area contributed by atoms with Crippen LogP contribution in [0.5, 0.6) is 0 Å². The second-order valence-electron chi connectivity index (χ2n) is 8.05. The molecule has 0 bridgehead atoms. The number of amides is 1. The maximum atomic E-state index is 11.9. The fourth-order valence-electron chi connectivity index (χ4n) is 3.01. The van der Waals surface area contributed by atoms with E-state index in [0.29, 0.717) is 69.5 Å². The van der Waals surface area contributed by atoms with Crippen molar-refractivity contribution in [2.75, 3.05) is 55.5 Å². The van der Waals surface area contributed by atoms with Crippen LogP contribution in [0, 0.1) is 0 Å². The van der Waals surface area contributed by atoms with E-state index < -0.39 is 0 Å². The summed E-state index contributed by atoms with van der Waals surface area (Å²) in [5, 5.41) is 12.4. The van der Waals surface area contributed by atoms with Gasteiger partial charge in [0.1, 0.15) is 0 Å². The largest absolute Gasteiger partial charge is 0.377 e. The summed E-state index contributed by atoms with van der Waals surface area (Å²) in [5.41, 5.74) is 1.52. The van der Waals surface area contributed by atoms with Gasteiger partial charge in [-0.3, -0.25) is 9.78 Å². The molecular formula is C25H34N8O3. The van der Waals surface area contributed by atoms with Crippen molar-refractivity contribution in [1.29, 1.82) is 0 Å². The van der Waals surface area contributed by atoms with Crippen LogP contribution in [0.3, 0.4) is 0 Å². The first-order valence-corrected chi connectivity index (χ1v) is 12.0. The predicted octanol–water partition coefficient (Wildman–Crippen LogP) is 2.57. The topological polar surface area (TPSA) is 135 Å². The number of anilines is 3. The standard InChI is InChI=1S/C25H34N8O3/c1-19(2)30-25-32-23(31-24(33-25)29-18-21-10-6-7-11-26-21)28-13-15-36-17-16-35-14-12-27-22(34)20-8-4-3-5-9-20/h3-11,19H,12-18H2,1-2H3,(H,27,34)(H3,28,29,30,31,32,33). The molecule has 0 aliphatic rings. The summed E-state index contributed by atoms with van der Waals surface area (Å²) < 4.78 is 11.1. The lowest BCUT2D eigenvalue weighted by atomic mass is 10.2. The molecule has 1 aromatic carbocycles. The van der Waals surface area contributed by atoms with Crippen LogP contribution in [0.4, 0.5) is 17.8 Å². The summed E-state index contributed by atoms with van der Waals surface area (Å²) in [6.45, 7) is 7.28. The molecule has 0 saturated carbocycles. The van der Waals surface area contributed by atoms with E-state index in [1.807, 2.05) is 50.2 Å². The number of carbonyl (C=O) groups is 1. The van der Waals surface area contributed by atoms with E-state index >= 15 is 0 Å². The van der Waals surface area contributed by atoms with Gasteiger partial charge in [0.2, 0.25) is 17.8 Å². The molecule has 0 atom stereocenters. The van der Waals surface area contributed by atoms with Crippen LogP contribution in [0.2, 0.25) is 0 Å². The molecule has 2 aromatic heterocycles. The Balaban J connectivity index is 1.31. The van der Waals surface area contributed by atoms with Crippen molar-refractivity contribution in [3.63, 3.8) is 0 Å². The number of nitrogens with one attached hydrogen (secondary N) is 4. The Morgan fingerprint density at radius 1 is 0.806 bits per heavy atom. The molecule has 36 heavy (non-hydrogen) atoms. The number of rotatable bonds is 16. The molecule has 0 spiro atoms. The Morgan fingerprint density at radius 2 is 1.47 bits per heavy atom. The molecule has 0 radical (unpaired) electrons. The fraction of sp³-hybridized carbons (Fsp3) is 0.400. The van der Waals surface area contributed by atoms with E-state index in [4.69, 9.17) is 9.47 Å². The molecule has 192 valence electrons. The van der Waals surface area contributed by atoms with Gasteiger partial charge in [0.25, 0.3) is 5.91 Å². The summed E-state index contributed by atoms with van der Waals surface area (Å²) in [6.07, 6.45) is 1.75. The fourth-order valence-corrected chi connectivity index (χ4v) is 3.01. The Kier molecular flexibility index (Phi) is 11.3. The van der Waals surface area contributed by atoms with Crippen LogP contribution in [0.25, 0.3) is 0 Å². The number of hydrogen-bond donors (Lipinski definition) is 4. The third-order valence-corrected chi connectivity index (χ3v) is 4.68. The highest BCUT2D eigenvalue weighted by Gasteiger charge is 2.08. The number of nitrogens with zero attached hydrogens (tertiary/aromatic N) is 4. The monoisotopic (exact) mass is 494 g/mol. The lowest BCUT2D eigenvalue weighted by Crippen LogP contribution is -2.27. The van der Waals surface area contributed by atoms with Crippen molar-refractivity contribution < 1.29 is 14.3 Å². The zero-order valence-corrected chi connectivity index (χ0v) is 20.7. The quantitative estimate of drug-likeness (QED) is 0.220. The second-order valence-corrected chi connectivity index (χ2v) is 8.05. The third-order valence-electron chi connectivity index (χ3n) is 4.68. The molecule has 0 fully saturated rings. The maximum absolute atomic E-state index is 11.9. The van der Waals surface area contributed by atoms with Crippen molar-refractivity contribution in [3.05, 3.63) is 66.0 Å². The van der Waals surface area contributed by atoms with E-state index in [0.717, 1.165) is 5.69 Å². The zero-order valence-electron chi connectivity index (χ0n) is 20.7. The molecule has 1 amide bonds. The molecular weight excluding hydrogens is 460 g/mol. The Hall–Kier alpha value is -3.83. The molecule has 2 heterocycles. The van der Waals surface area contributed by atoms with Crippen molar-refractivity contribution in [3.8, 4) is 0 Å². The van der Waals surface area contributed by atoms with E-state index in [1.54, 1.807) is 18.3 Å². The van der Waals surface area contributed by atoms with Gasteiger partial charge in [-0.15, -0.1) is 0 Å². The van der Waals surface area contributed by atoms with Gasteiger partial charge >= 0.3 is 0 Å². The van der Waals surface area contributed by atoms with Gasteiger partial charge in [-0.1, -0.05) is 24.3 Å². The number of benzene rings is 1. The highest BCUT2D eigenvalue weighted by Crippen LogP contribution is 2.11. The average molecular weight is 495 g/mol. The highest BCUT2D eigenvalue weighted by molar-refractivity contribution is 5.94. The minimum absolute atomic E-state index is 0.110. The van der Waals surface area contributed by atoms with Crippen LogP contribution in [0.1, 0.15) is 29.9 Å². The first-order valence-electron chi connectivity index (χ1n) is 12.0. The molecule has 4 N–H and O–H groups in total. The predicted molar refractivity (Wildman–Crippen MR) is 139 cm³/mol. The molecule has 0 aliphatic carbocycles. The first-order chi connectivity index (χ1) is 17.6. The number of ether oxygens (including phenoxy) is 2. The van der Waals surface area contributed by atoms with Gasteiger partial charge in [-0.05, 0) is 38.1 Å². The molecule has 0 unspecified atom stereocenters. The van der Waals surface area contributed by atoms with Crippen LogP contribution in [-0.4, -0.2) is 71.4 Å². The van der Waals surface area contributed by atoms with Crippen molar-refractivity contribution in [1.82, 2.24) is 25.3 Å². The van der Waals surface area contributed by atoms with Crippen LogP contribution in [0.15, 0.2) is 54.7 Å². The second kappa shape index (κ2) is 15.2. The number of aromatic nitrogens is 4. The van der Waals surface area contributed by atoms with E-state index in [1.165, 1.54) is 0 Å². The van der Waals surface area contributed by atoms with Crippen LogP contribution < -0.4 is 21.3 Å². The lowest BCUT2D eigenvalue weighted by molar-refractivity contribution is 0.0519. The van der Waals surface area contributed by atoms with Crippen LogP contribution >= 0.6 is 0 Å². The van der Waals surface area contributed by atoms with Crippen molar-refractivity contribution in [2.24, 2.45) is 0 Å². The first kappa shape index (κ1) is 26.8. The highest BCUT2D eigenvalue weighted by atomic mass is 16.5. The summed E-state index contributed by atoms with van der Waals surface area (Å²) in [7, 11) is 0. The summed E-state index contributed by atoms with van der Waals surface area (Å²) in [5.74, 6) is 1.28. The van der Waals surface area contributed by atoms with Gasteiger partial charge in [0.05, 0.1) is 38.7 Å². The average Bonchev–Trinajstić information content (AvgIpc) is 2.89. The Morgan fingerprint density at radius 3 is 2.17 bits per heavy atom. The van der Waals surface area contributed by atoms with E-state index in [9.17, 15) is 4.79 Å². The van der Waals surface area contributed by atoms with E-state index in [-0.39, 0.29) is 11.9 Å². The van der Waals surface area contributed by atoms with Crippen molar-refractivity contribution >= 4 is 23.8 Å². The summed E-state index contributed by atoms with van der Waals surface area (Å²) >= 11 is 0. The normalized spacial score (nSPS) is 10.8. The minimum atomic E-state index is -0.110. The lowest BCUT2D eigenvalue weighted by Gasteiger charge is -2.13. The Bertz CT molecular complexity index is 1040.